The molecule has 2 amide bonds. The van der Waals surface area contributed by atoms with Gasteiger partial charge in [0, 0.05) is 28.9 Å². The lowest BCUT2D eigenvalue weighted by atomic mass is 10.0. The predicted octanol–water partition coefficient (Wildman–Crippen LogP) is -1.10. The van der Waals surface area contributed by atoms with Crippen LogP contribution in [-0.4, -0.2) is 82.6 Å². The van der Waals surface area contributed by atoms with Crippen LogP contribution in [0.3, 0.4) is 0 Å². The molecule has 1 aromatic carbocycles. The summed E-state index contributed by atoms with van der Waals surface area (Å²) in [6.07, 6.45) is 4.03. The maximum absolute atomic E-state index is 13.5. The van der Waals surface area contributed by atoms with Crippen LogP contribution in [0.1, 0.15) is 35.0 Å². The van der Waals surface area contributed by atoms with Gasteiger partial charge in [-0.25, -0.2) is 9.78 Å². The molecule has 2 aromatic heterocycles. The third-order valence-electron chi connectivity index (χ3n) is 8.07. The van der Waals surface area contributed by atoms with E-state index in [2.05, 4.69) is 20.4 Å². The number of nitrogens with two attached hydrogens (primary N) is 3. The number of thiazole rings is 1. The van der Waals surface area contributed by atoms with Crippen LogP contribution in [0.4, 0.5) is 10.9 Å². The van der Waals surface area contributed by atoms with E-state index < -0.39 is 58.5 Å². The van der Waals surface area contributed by atoms with Crippen LogP contribution in [0, 0.1) is 0 Å². The number of hydrogen-bond acceptors (Lipinski definition) is 17. The summed E-state index contributed by atoms with van der Waals surface area (Å²) in [7, 11) is 0. The molecular formula is C30H29N9O9S3. The number of aromatic nitrogens is 3. The Labute approximate surface area is 300 Å². The average Bonchev–Trinajstić information content (AvgIpc) is 3.77. The van der Waals surface area contributed by atoms with Crippen LogP contribution >= 0.6 is 34.9 Å². The summed E-state index contributed by atoms with van der Waals surface area (Å²) in [5.74, 6) is 1.26. The standard InChI is InChI=1S/C30H29N9O9S3/c31-23-14-4-1-5-16(14)39(33)30(36-23)49-8-2-3-13-10-50-26-20(25(43)38(26)21(13)27(44)45)35-24(42)19(15-11-51-29(32)34-15)37-48-22(28(46)47)12-6-7-17(40)18(41)9-12/h2-3,6-7,9,11,20,22,26,31H,1,4-5,8,10,33H2,(H7,32,34,35,37,40,41,42,44,45,46,47)/b3-2+/t20-,22+,26-/m1/s1. The Morgan fingerprint density at radius 1 is 1.24 bits per heavy atom. The first-order valence-electron chi connectivity index (χ1n) is 15.0. The molecule has 6 rings (SSSR count). The first-order chi connectivity index (χ1) is 24.3. The fraction of sp³-hybridized carbons (Fsp3) is 0.267. The SMILES string of the molecule is Nc1nc(/C(=N/O[C@H](C(=O)O)c2ccc(O)c(O)c2)C(=O)N[C@@H]2C(=O)N3C(C(=O)[O-])=C(/C=C/CSc4nc(N)c5c([n+]4N)CCC5)CS[C@H]23)cs1. The first kappa shape index (κ1) is 35.3. The number of nitrogens with one attached hydrogen (secondary N) is 1. The zero-order valence-corrected chi connectivity index (χ0v) is 28.7. The van der Waals surface area contributed by atoms with Crippen LogP contribution in [-0.2, 0) is 36.9 Å². The van der Waals surface area contributed by atoms with Crippen molar-refractivity contribution in [2.45, 2.75) is 41.9 Å². The number of amides is 2. The monoisotopic (exact) mass is 755 g/mol. The third-order valence-corrected chi connectivity index (χ3v) is 11.0. The van der Waals surface area contributed by atoms with E-state index in [0.717, 1.165) is 58.9 Å². The number of nitrogen functional groups attached to an aromatic ring is 3. The van der Waals surface area contributed by atoms with E-state index >= 15 is 0 Å². The quantitative estimate of drug-likeness (QED) is 0.0169. The van der Waals surface area contributed by atoms with E-state index in [-0.39, 0.29) is 27.8 Å². The number of phenols is 2. The number of benzene rings is 1. The van der Waals surface area contributed by atoms with Crippen molar-refractivity contribution in [2.75, 3.05) is 28.8 Å². The van der Waals surface area contributed by atoms with Crippen LogP contribution in [0.15, 0.2) is 57.3 Å². The Morgan fingerprint density at radius 3 is 2.71 bits per heavy atom. The van der Waals surface area contributed by atoms with Crippen molar-refractivity contribution in [2.24, 2.45) is 5.16 Å². The molecule has 0 bridgehead atoms. The minimum Gasteiger partial charge on any atom is -0.543 e. The van der Waals surface area contributed by atoms with Gasteiger partial charge in [0.15, 0.2) is 22.3 Å². The Morgan fingerprint density at radius 2 is 2.02 bits per heavy atom. The van der Waals surface area contributed by atoms with Crippen LogP contribution in [0.2, 0.25) is 0 Å². The Balaban J connectivity index is 1.16. The zero-order valence-electron chi connectivity index (χ0n) is 26.2. The number of nitrogens with zero attached hydrogens (tertiary/aromatic N) is 5. The number of fused-ring (bicyclic) bond motifs is 2. The average molecular weight is 756 g/mol. The smallest absolute Gasteiger partial charge is 0.385 e. The number of carboxylic acid groups (broad SMARTS) is 2. The van der Waals surface area contributed by atoms with Gasteiger partial charge in [0.25, 0.3) is 11.8 Å². The highest BCUT2D eigenvalue weighted by molar-refractivity contribution is 8.00. The minimum absolute atomic E-state index is 0.0510. The van der Waals surface area contributed by atoms with E-state index in [4.69, 9.17) is 22.1 Å². The van der Waals surface area contributed by atoms with E-state index in [1.165, 1.54) is 39.6 Å². The molecule has 2 aliphatic heterocycles. The van der Waals surface area contributed by atoms with Crippen molar-refractivity contribution in [3.05, 3.63) is 69.5 Å². The van der Waals surface area contributed by atoms with Gasteiger partial charge < -0.3 is 46.8 Å². The van der Waals surface area contributed by atoms with Gasteiger partial charge in [-0.3, -0.25) is 20.3 Å². The Hall–Kier alpha value is -5.54. The van der Waals surface area contributed by atoms with E-state index in [1.807, 2.05) is 0 Å². The molecule has 0 unspecified atom stereocenters. The van der Waals surface area contributed by atoms with Crippen molar-refractivity contribution in [3.8, 4) is 11.5 Å². The fourth-order valence-corrected chi connectivity index (χ4v) is 8.27. The summed E-state index contributed by atoms with van der Waals surface area (Å²) in [6, 6.07) is 1.98. The molecule has 21 heteroatoms. The van der Waals surface area contributed by atoms with Crippen LogP contribution in [0.25, 0.3) is 0 Å². The van der Waals surface area contributed by atoms with Crippen LogP contribution in [0.5, 0.6) is 11.5 Å². The highest BCUT2D eigenvalue weighted by Crippen LogP contribution is 2.40. The summed E-state index contributed by atoms with van der Waals surface area (Å²) < 4.78 is 1.52. The molecule has 0 spiro atoms. The number of aliphatic carboxylic acids is 2. The van der Waals surface area contributed by atoms with E-state index in [1.54, 1.807) is 12.2 Å². The topological polar surface area (TPSA) is 297 Å². The van der Waals surface area contributed by atoms with Gasteiger partial charge in [-0.05, 0) is 47.3 Å². The van der Waals surface area contributed by atoms with Crippen molar-refractivity contribution in [1.29, 1.82) is 0 Å². The molecule has 1 saturated heterocycles. The van der Waals surface area contributed by atoms with Crippen molar-refractivity contribution >= 4 is 75.3 Å². The molecule has 266 valence electrons. The molecule has 4 heterocycles. The first-order valence-corrected chi connectivity index (χ1v) is 17.9. The molecule has 10 N–H and O–H groups in total. The van der Waals surface area contributed by atoms with Crippen molar-refractivity contribution < 1.29 is 49.1 Å². The number of anilines is 2. The largest absolute Gasteiger partial charge is 0.543 e. The highest BCUT2D eigenvalue weighted by atomic mass is 32.2. The normalized spacial score (nSPS) is 19.0. The molecule has 1 aliphatic carbocycles. The fourth-order valence-electron chi connectivity index (χ4n) is 5.65. The molecule has 3 atom stereocenters. The second kappa shape index (κ2) is 14.4. The van der Waals surface area contributed by atoms with E-state index in [9.17, 15) is 39.6 Å². The second-order valence-corrected chi connectivity index (χ2v) is 14.2. The Kier molecular flexibility index (Phi) is 9.94. The van der Waals surface area contributed by atoms with Crippen molar-refractivity contribution in [1.82, 2.24) is 20.2 Å². The van der Waals surface area contributed by atoms with Crippen molar-refractivity contribution in [3.63, 3.8) is 0 Å². The number of phenolic OH excluding ortho intramolecular Hbond substituents is 2. The number of carboxylic acids is 2. The maximum atomic E-state index is 13.5. The number of β-lactam (4-membered cyclic amide) rings is 1. The van der Waals surface area contributed by atoms with Gasteiger partial charge in [0.1, 0.15) is 22.8 Å². The number of hydrogen-bond donors (Lipinski definition) is 7. The van der Waals surface area contributed by atoms with Gasteiger partial charge in [0.05, 0.1) is 17.2 Å². The molecule has 0 radical (unpaired) electrons. The number of rotatable bonds is 12. The lowest BCUT2D eigenvalue weighted by Gasteiger charge is -2.50. The molecule has 1 fully saturated rings. The number of aromatic hydroxyl groups is 2. The number of carbonyl (C=O) groups is 4. The second-order valence-electron chi connectivity index (χ2n) is 11.2. The summed E-state index contributed by atoms with van der Waals surface area (Å²) in [5, 5.41) is 48.7. The third kappa shape index (κ3) is 6.94. The molecular weight excluding hydrogens is 727 g/mol. The van der Waals surface area contributed by atoms with Gasteiger partial charge in [-0.1, -0.05) is 23.4 Å². The van der Waals surface area contributed by atoms with Gasteiger partial charge in [-0.15, -0.1) is 27.8 Å². The van der Waals surface area contributed by atoms with Gasteiger partial charge in [-0.2, -0.15) is 0 Å². The summed E-state index contributed by atoms with van der Waals surface area (Å²) >= 11 is 3.47. The molecule has 18 nitrogen and oxygen atoms in total. The predicted molar refractivity (Wildman–Crippen MR) is 182 cm³/mol. The Bertz CT molecular complexity index is 2050. The van der Waals surface area contributed by atoms with Crippen LogP contribution < -0.4 is 32.4 Å². The van der Waals surface area contributed by atoms with Gasteiger partial charge >= 0.3 is 11.1 Å². The lowest BCUT2D eigenvalue weighted by molar-refractivity contribution is -0.689. The lowest BCUT2D eigenvalue weighted by Crippen LogP contribution is -2.71. The van der Waals surface area contributed by atoms with E-state index in [0.29, 0.717) is 22.3 Å². The number of allylic oxidation sites excluding steroid dienone is 1. The summed E-state index contributed by atoms with van der Waals surface area (Å²) in [4.78, 5) is 65.7. The molecule has 0 saturated carbocycles. The summed E-state index contributed by atoms with van der Waals surface area (Å²) in [6.45, 7) is 0. The zero-order chi connectivity index (χ0) is 36.6. The number of oxime groups is 1. The highest BCUT2D eigenvalue weighted by Gasteiger charge is 2.53. The number of carbonyl (C=O) groups excluding carboxylic acids is 3. The molecule has 3 aromatic rings. The molecule has 51 heavy (non-hydrogen) atoms. The maximum Gasteiger partial charge on any atom is 0.385 e. The van der Waals surface area contributed by atoms with Gasteiger partial charge in [0.2, 0.25) is 11.9 Å². The molecule has 3 aliphatic rings. The minimum atomic E-state index is -1.83. The summed E-state index contributed by atoms with van der Waals surface area (Å²) in [5.41, 5.74) is 13.0. The number of thioether (sulfide) groups is 2.